The number of aryl methyl sites for hydroxylation is 1. The van der Waals surface area contributed by atoms with Crippen molar-refractivity contribution in [3.05, 3.63) is 57.9 Å². The summed E-state index contributed by atoms with van der Waals surface area (Å²) in [6.07, 6.45) is 0. The van der Waals surface area contributed by atoms with Gasteiger partial charge in [0.05, 0.1) is 17.9 Å². The first-order valence-corrected chi connectivity index (χ1v) is 7.83. The summed E-state index contributed by atoms with van der Waals surface area (Å²) in [7, 11) is 1.59. The van der Waals surface area contributed by atoms with Crippen LogP contribution in [0.5, 0.6) is 0 Å². The molecule has 1 aromatic heterocycles. The van der Waals surface area contributed by atoms with Crippen LogP contribution in [0.4, 0.5) is 0 Å². The van der Waals surface area contributed by atoms with Crippen molar-refractivity contribution >= 4 is 17.5 Å². The van der Waals surface area contributed by atoms with Crippen molar-refractivity contribution in [1.29, 1.82) is 0 Å². The number of H-pyrrole nitrogens is 1. The molecule has 132 valence electrons. The molecule has 6 nitrogen and oxygen atoms in total. The number of carbonyl (C=O) groups excluding carboxylic acids is 3. The fraction of sp³-hybridized carbons (Fsp3) is 0.316. The summed E-state index contributed by atoms with van der Waals surface area (Å²) in [5.74, 6) is -1.07. The van der Waals surface area contributed by atoms with E-state index in [0.717, 1.165) is 5.56 Å². The van der Waals surface area contributed by atoms with Crippen LogP contribution in [-0.4, -0.2) is 36.2 Å². The molecular formula is C19H21NO5. The van der Waals surface area contributed by atoms with E-state index >= 15 is 0 Å². The van der Waals surface area contributed by atoms with Crippen LogP contribution in [0.25, 0.3) is 0 Å². The second kappa shape index (κ2) is 7.90. The Bertz CT molecular complexity index is 802. The number of rotatable bonds is 7. The third-order valence-corrected chi connectivity index (χ3v) is 3.90. The van der Waals surface area contributed by atoms with Crippen molar-refractivity contribution in [3.8, 4) is 0 Å². The molecule has 2 aromatic rings. The molecule has 0 unspecified atom stereocenters. The van der Waals surface area contributed by atoms with Gasteiger partial charge in [-0.25, -0.2) is 4.79 Å². The van der Waals surface area contributed by atoms with Gasteiger partial charge in [-0.05, 0) is 44.0 Å². The Morgan fingerprint density at radius 2 is 1.72 bits per heavy atom. The highest BCUT2D eigenvalue weighted by molar-refractivity contribution is 6.04. The molecule has 0 saturated heterocycles. The standard InChI is InChI=1S/C19H21NO5/c1-11-17(13(3)21)12(2)20-18(11)16(22)10-25-19(23)15-7-5-14(6-8-15)9-24-4/h5-8,20H,9-10H2,1-4H3. The van der Waals surface area contributed by atoms with Gasteiger partial charge >= 0.3 is 5.97 Å². The molecule has 2 rings (SSSR count). The summed E-state index contributed by atoms with van der Waals surface area (Å²) in [4.78, 5) is 38.9. The molecule has 0 bridgehead atoms. The highest BCUT2D eigenvalue weighted by Gasteiger charge is 2.21. The van der Waals surface area contributed by atoms with Crippen LogP contribution in [0.3, 0.4) is 0 Å². The van der Waals surface area contributed by atoms with E-state index in [2.05, 4.69) is 4.98 Å². The van der Waals surface area contributed by atoms with E-state index in [9.17, 15) is 14.4 Å². The summed E-state index contributed by atoms with van der Waals surface area (Å²) in [5.41, 5.74) is 3.30. The summed E-state index contributed by atoms with van der Waals surface area (Å²) >= 11 is 0. The van der Waals surface area contributed by atoms with Gasteiger partial charge in [0, 0.05) is 18.4 Å². The fourth-order valence-electron chi connectivity index (χ4n) is 2.75. The lowest BCUT2D eigenvalue weighted by atomic mass is 10.1. The maximum Gasteiger partial charge on any atom is 0.338 e. The number of benzene rings is 1. The second-order valence-corrected chi connectivity index (χ2v) is 5.81. The molecule has 0 aliphatic rings. The van der Waals surface area contributed by atoms with Crippen molar-refractivity contribution in [2.75, 3.05) is 13.7 Å². The Balaban J connectivity index is 2.03. The lowest BCUT2D eigenvalue weighted by Crippen LogP contribution is -2.15. The van der Waals surface area contributed by atoms with Gasteiger partial charge in [-0.2, -0.15) is 0 Å². The summed E-state index contributed by atoms with van der Waals surface area (Å²) in [6, 6.07) is 6.77. The molecule has 0 atom stereocenters. The van der Waals surface area contributed by atoms with Crippen LogP contribution >= 0.6 is 0 Å². The first-order valence-electron chi connectivity index (χ1n) is 7.83. The maximum absolute atomic E-state index is 12.3. The molecule has 1 heterocycles. The zero-order valence-corrected chi connectivity index (χ0v) is 14.8. The van der Waals surface area contributed by atoms with Crippen LogP contribution in [0.2, 0.25) is 0 Å². The van der Waals surface area contributed by atoms with Crippen LogP contribution in [0.1, 0.15) is 54.9 Å². The van der Waals surface area contributed by atoms with Gasteiger partial charge in [0.2, 0.25) is 5.78 Å². The number of ketones is 2. The fourth-order valence-corrected chi connectivity index (χ4v) is 2.75. The Labute approximate surface area is 146 Å². The van der Waals surface area contributed by atoms with E-state index in [1.807, 2.05) is 0 Å². The van der Waals surface area contributed by atoms with Crippen molar-refractivity contribution in [2.45, 2.75) is 27.4 Å². The molecule has 0 saturated carbocycles. The summed E-state index contributed by atoms with van der Waals surface area (Å²) in [6.45, 7) is 4.94. The van der Waals surface area contributed by atoms with Crippen molar-refractivity contribution in [3.63, 3.8) is 0 Å². The van der Waals surface area contributed by atoms with Crippen LogP contribution in [0, 0.1) is 13.8 Å². The average Bonchev–Trinajstić information content (AvgIpc) is 2.88. The quantitative estimate of drug-likeness (QED) is 0.617. The van der Waals surface area contributed by atoms with Crippen molar-refractivity contribution in [1.82, 2.24) is 4.98 Å². The number of carbonyl (C=O) groups is 3. The lowest BCUT2D eigenvalue weighted by Gasteiger charge is -2.05. The predicted octanol–water partition coefficient (Wildman–Crippen LogP) is 3.02. The normalized spacial score (nSPS) is 10.6. The number of ether oxygens (including phenoxy) is 2. The van der Waals surface area contributed by atoms with Gasteiger partial charge in [-0.1, -0.05) is 12.1 Å². The Hall–Kier alpha value is -2.73. The third-order valence-electron chi connectivity index (χ3n) is 3.90. The summed E-state index contributed by atoms with van der Waals surface area (Å²) < 4.78 is 10.1. The Kier molecular flexibility index (Phi) is 5.88. The molecule has 6 heteroatoms. The predicted molar refractivity (Wildman–Crippen MR) is 92.0 cm³/mol. The highest BCUT2D eigenvalue weighted by Crippen LogP contribution is 2.19. The van der Waals surface area contributed by atoms with Crippen molar-refractivity contribution in [2.24, 2.45) is 0 Å². The zero-order valence-electron chi connectivity index (χ0n) is 14.8. The monoisotopic (exact) mass is 343 g/mol. The molecule has 0 radical (unpaired) electrons. The number of Topliss-reactive ketones (excluding diaryl/α,β-unsaturated/α-hetero) is 2. The smallest absolute Gasteiger partial charge is 0.338 e. The number of nitrogens with one attached hydrogen (secondary N) is 1. The minimum absolute atomic E-state index is 0.113. The van der Waals surface area contributed by atoms with Gasteiger partial charge < -0.3 is 14.5 Å². The van der Waals surface area contributed by atoms with E-state index in [1.165, 1.54) is 6.92 Å². The van der Waals surface area contributed by atoms with Crippen LogP contribution < -0.4 is 0 Å². The molecule has 0 amide bonds. The van der Waals surface area contributed by atoms with E-state index < -0.39 is 12.6 Å². The van der Waals surface area contributed by atoms with Crippen LogP contribution in [0.15, 0.2) is 24.3 Å². The zero-order chi connectivity index (χ0) is 18.6. The molecule has 0 fully saturated rings. The minimum Gasteiger partial charge on any atom is -0.454 e. The lowest BCUT2D eigenvalue weighted by molar-refractivity contribution is 0.0473. The third kappa shape index (κ3) is 4.22. The molecule has 25 heavy (non-hydrogen) atoms. The summed E-state index contributed by atoms with van der Waals surface area (Å²) in [5, 5.41) is 0. The maximum atomic E-state index is 12.3. The molecule has 0 aliphatic carbocycles. The number of hydrogen-bond acceptors (Lipinski definition) is 5. The molecule has 1 aromatic carbocycles. The van der Waals surface area contributed by atoms with E-state index in [4.69, 9.17) is 9.47 Å². The SMILES string of the molecule is COCc1ccc(C(=O)OCC(=O)c2[nH]c(C)c(C(C)=O)c2C)cc1. The van der Waals surface area contributed by atoms with Gasteiger partial charge in [0.15, 0.2) is 12.4 Å². The van der Waals surface area contributed by atoms with E-state index in [1.54, 1.807) is 45.2 Å². The van der Waals surface area contributed by atoms with Gasteiger partial charge in [0.1, 0.15) is 0 Å². The minimum atomic E-state index is -0.579. The van der Waals surface area contributed by atoms with Crippen LogP contribution in [-0.2, 0) is 16.1 Å². The Morgan fingerprint density at radius 3 is 2.24 bits per heavy atom. The molecule has 1 N–H and O–H groups in total. The number of methoxy groups -OCH3 is 1. The van der Waals surface area contributed by atoms with E-state index in [-0.39, 0.29) is 11.6 Å². The van der Waals surface area contributed by atoms with Gasteiger partial charge in [0.25, 0.3) is 0 Å². The first-order chi connectivity index (χ1) is 11.8. The number of aromatic nitrogens is 1. The van der Waals surface area contributed by atoms with Gasteiger partial charge in [-0.15, -0.1) is 0 Å². The van der Waals surface area contributed by atoms with Gasteiger partial charge in [-0.3, -0.25) is 9.59 Å². The Morgan fingerprint density at radius 1 is 1.08 bits per heavy atom. The second-order valence-electron chi connectivity index (χ2n) is 5.81. The molecule has 0 spiro atoms. The number of esters is 1. The van der Waals surface area contributed by atoms with E-state index in [0.29, 0.717) is 34.7 Å². The average molecular weight is 343 g/mol. The highest BCUT2D eigenvalue weighted by atomic mass is 16.5. The number of hydrogen-bond donors (Lipinski definition) is 1. The largest absolute Gasteiger partial charge is 0.454 e. The first kappa shape index (κ1) is 18.6. The molecule has 0 aliphatic heterocycles. The van der Waals surface area contributed by atoms with Crippen molar-refractivity contribution < 1.29 is 23.9 Å². The topological polar surface area (TPSA) is 85.5 Å². The number of aromatic amines is 1. The molecular weight excluding hydrogens is 322 g/mol.